The third kappa shape index (κ3) is 2.43. The van der Waals surface area contributed by atoms with Gasteiger partial charge in [-0.2, -0.15) is 0 Å². The normalized spacial score (nSPS) is 22.6. The first-order chi connectivity index (χ1) is 8.04. The van der Waals surface area contributed by atoms with Crippen molar-refractivity contribution in [2.75, 3.05) is 0 Å². The molecular formula is C14H19NO2. The summed E-state index contributed by atoms with van der Waals surface area (Å²) < 4.78 is 5.94. The van der Waals surface area contributed by atoms with Crippen molar-refractivity contribution in [2.24, 2.45) is 0 Å². The van der Waals surface area contributed by atoms with Gasteiger partial charge in [-0.15, -0.1) is 0 Å². The number of carbonyl (C=O) groups is 1. The van der Waals surface area contributed by atoms with Gasteiger partial charge in [0.2, 0.25) is 0 Å². The van der Waals surface area contributed by atoms with Crippen LogP contribution in [-0.2, 0) is 0 Å². The maximum Gasteiger partial charge on any atom is 0.258 e. The molecule has 0 saturated carbocycles. The van der Waals surface area contributed by atoms with Gasteiger partial charge in [-0.05, 0) is 38.0 Å². The number of benzene rings is 1. The highest BCUT2D eigenvalue weighted by atomic mass is 16.5. The fourth-order valence-corrected chi connectivity index (χ4v) is 2.10. The van der Waals surface area contributed by atoms with Crippen molar-refractivity contribution in [3.05, 3.63) is 29.3 Å². The second kappa shape index (κ2) is 4.40. The van der Waals surface area contributed by atoms with Gasteiger partial charge >= 0.3 is 0 Å². The molecule has 0 bridgehead atoms. The highest BCUT2D eigenvalue weighted by Crippen LogP contribution is 2.30. The molecule has 0 radical (unpaired) electrons. The lowest BCUT2D eigenvalue weighted by molar-refractivity contribution is 0.0243. The van der Waals surface area contributed by atoms with Crippen LogP contribution >= 0.6 is 0 Å². The van der Waals surface area contributed by atoms with Crippen LogP contribution in [0.3, 0.4) is 0 Å². The Bertz CT molecular complexity index is 442. The van der Waals surface area contributed by atoms with E-state index in [-0.39, 0.29) is 5.91 Å². The minimum absolute atomic E-state index is 0.0372. The summed E-state index contributed by atoms with van der Waals surface area (Å²) in [5, 5.41) is 2.94. The van der Waals surface area contributed by atoms with Gasteiger partial charge in [-0.3, -0.25) is 4.79 Å². The van der Waals surface area contributed by atoms with E-state index in [1.165, 1.54) is 0 Å². The van der Waals surface area contributed by atoms with E-state index in [0.717, 1.165) is 24.8 Å². The fourth-order valence-electron chi connectivity index (χ4n) is 2.10. The molecule has 0 spiro atoms. The molecular weight excluding hydrogens is 214 g/mol. The van der Waals surface area contributed by atoms with E-state index in [1.807, 2.05) is 32.0 Å². The average Bonchev–Trinajstić information content (AvgIpc) is 2.25. The zero-order valence-electron chi connectivity index (χ0n) is 10.7. The second-order valence-corrected chi connectivity index (χ2v) is 4.89. The molecule has 1 aliphatic rings. The predicted molar refractivity (Wildman–Crippen MR) is 67.2 cm³/mol. The fraction of sp³-hybridized carbons (Fsp3) is 0.500. The van der Waals surface area contributed by atoms with Crippen molar-refractivity contribution >= 4 is 5.91 Å². The molecule has 1 atom stereocenters. The standard InChI is InChI=1S/C14H19NO2/c1-4-5-8-14(3)15-13(16)11-7-6-10(2)9-12(11)17-14/h6-7,9H,4-5,8H2,1-3H3,(H,15,16). The minimum atomic E-state index is -0.562. The molecule has 1 aromatic rings. The number of unbranched alkanes of at least 4 members (excludes halogenated alkanes) is 1. The largest absolute Gasteiger partial charge is 0.468 e. The van der Waals surface area contributed by atoms with E-state index in [4.69, 9.17) is 4.74 Å². The van der Waals surface area contributed by atoms with Crippen LogP contribution < -0.4 is 10.1 Å². The molecule has 17 heavy (non-hydrogen) atoms. The molecule has 1 N–H and O–H groups in total. The maximum absolute atomic E-state index is 12.0. The highest BCUT2D eigenvalue weighted by Gasteiger charge is 2.34. The first-order valence-corrected chi connectivity index (χ1v) is 6.16. The quantitative estimate of drug-likeness (QED) is 0.871. The van der Waals surface area contributed by atoms with Crippen molar-refractivity contribution in [3.63, 3.8) is 0 Å². The van der Waals surface area contributed by atoms with E-state index < -0.39 is 5.72 Å². The van der Waals surface area contributed by atoms with E-state index in [0.29, 0.717) is 11.3 Å². The van der Waals surface area contributed by atoms with Gasteiger partial charge in [0.25, 0.3) is 5.91 Å². The number of hydrogen-bond acceptors (Lipinski definition) is 2. The summed E-state index contributed by atoms with van der Waals surface area (Å²) >= 11 is 0. The number of ether oxygens (including phenoxy) is 1. The van der Waals surface area contributed by atoms with Gasteiger partial charge in [0.05, 0.1) is 5.56 Å². The first kappa shape index (κ1) is 12.0. The molecule has 1 amide bonds. The molecule has 2 rings (SSSR count). The molecule has 1 aromatic carbocycles. The minimum Gasteiger partial charge on any atom is -0.468 e. The van der Waals surface area contributed by atoms with Crippen LogP contribution in [0.15, 0.2) is 18.2 Å². The van der Waals surface area contributed by atoms with Crippen LogP contribution in [0.25, 0.3) is 0 Å². The summed E-state index contributed by atoms with van der Waals surface area (Å²) in [7, 11) is 0. The molecule has 3 heteroatoms. The van der Waals surface area contributed by atoms with Crippen LogP contribution in [-0.4, -0.2) is 11.6 Å². The van der Waals surface area contributed by atoms with Gasteiger partial charge in [0.1, 0.15) is 5.75 Å². The van der Waals surface area contributed by atoms with Crippen LogP contribution in [0.5, 0.6) is 5.75 Å². The first-order valence-electron chi connectivity index (χ1n) is 6.16. The monoisotopic (exact) mass is 233 g/mol. The lowest BCUT2D eigenvalue weighted by Crippen LogP contribution is -2.53. The van der Waals surface area contributed by atoms with Crippen LogP contribution in [0, 0.1) is 6.92 Å². The molecule has 0 saturated heterocycles. The van der Waals surface area contributed by atoms with Gasteiger partial charge < -0.3 is 10.1 Å². The topological polar surface area (TPSA) is 38.3 Å². The Morgan fingerprint density at radius 3 is 2.88 bits per heavy atom. The van der Waals surface area contributed by atoms with E-state index in [2.05, 4.69) is 12.2 Å². The third-order valence-corrected chi connectivity index (χ3v) is 3.10. The van der Waals surface area contributed by atoms with E-state index in [9.17, 15) is 4.79 Å². The summed E-state index contributed by atoms with van der Waals surface area (Å²) in [5.41, 5.74) is 1.18. The maximum atomic E-state index is 12.0. The Kier molecular flexibility index (Phi) is 3.09. The molecule has 1 unspecified atom stereocenters. The molecule has 92 valence electrons. The zero-order valence-corrected chi connectivity index (χ0v) is 10.7. The number of fused-ring (bicyclic) bond motifs is 1. The summed E-state index contributed by atoms with van der Waals surface area (Å²) in [4.78, 5) is 12.0. The van der Waals surface area contributed by atoms with Gasteiger partial charge in [0.15, 0.2) is 5.72 Å². The molecule has 0 aliphatic carbocycles. The van der Waals surface area contributed by atoms with Gasteiger partial charge in [-0.1, -0.05) is 19.4 Å². The number of hydrogen-bond donors (Lipinski definition) is 1. The lowest BCUT2D eigenvalue weighted by Gasteiger charge is -2.36. The number of rotatable bonds is 3. The summed E-state index contributed by atoms with van der Waals surface area (Å²) in [5.74, 6) is 0.664. The van der Waals surface area contributed by atoms with Crippen LogP contribution in [0.1, 0.15) is 49.0 Å². The van der Waals surface area contributed by atoms with E-state index in [1.54, 1.807) is 0 Å². The molecule has 0 aromatic heterocycles. The SMILES string of the molecule is CCCCC1(C)NC(=O)c2ccc(C)cc2O1. The zero-order chi connectivity index (χ0) is 12.5. The van der Waals surface area contributed by atoms with Crippen molar-refractivity contribution in [3.8, 4) is 5.75 Å². The number of carbonyl (C=O) groups excluding carboxylic acids is 1. The lowest BCUT2D eigenvalue weighted by atomic mass is 10.0. The van der Waals surface area contributed by atoms with Gasteiger partial charge in [0, 0.05) is 6.42 Å². The highest BCUT2D eigenvalue weighted by molar-refractivity contribution is 5.98. The smallest absolute Gasteiger partial charge is 0.258 e. The number of amides is 1. The number of aryl methyl sites for hydroxylation is 1. The van der Waals surface area contributed by atoms with Crippen molar-refractivity contribution in [2.45, 2.75) is 45.8 Å². The molecule has 0 fully saturated rings. The van der Waals surface area contributed by atoms with Gasteiger partial charge in [-0.25, -0.2) is 0 Å². The van der Waals surface area contributed by atoms with Crippen molar-refractivity contribution in [1.82, 2.24) is 5.32 Å². The Balaban J connectivity index is 2.28. The molecule has 1 aliphatic heterocycles. The molecule has 3 nitrogen and oxygen atoms in total. The predicted octanol–water partition coefficient (Wildman–Crippen LogP) is 3.02. The summed E-state index contributed by atoms with van der Waals surface area (Å²) in [6, 6.07) is 5.67. The summed E-state index contributed by atoms with van der Waals surface area (Å²) in [6.45, 7) is 6.07. The van der Waals surface area contributed by atoms with Crippen LogP contribution in [0.2, 0.25) is 0 Å². The Morgan fingerprint density at radius 2 is 2.18 bits per heavy atom. The number of nitrogens with one attached hydrogen (secondary N) is 1. The molecule has 1 heterocycles. The third-order valence-electron chi connectivity index (χ3n) is 3.10. The average molecular weight is 233 g/mol. The summed E-state index contributed by atoms with van der Waals surface area (Å²) in [6.07, 6.45) is 2.97. The van der Waals surface area contributed by atoms with Crippen molar-refractivity contribution < 1.29 is 9.53 Å². The van der Waals surface area contributed by atoms with Crippen molar-refractivity contribution in [1.29, 1.82) is 0 Å². The Morgan fingerprint density at radius 1 is 1.41 bits per heavy atom. The van der Waals surface area contributed by atoms with E-state index >= 15 is 0 Å². The Hall–Kier alpha value is -1.51. The second-order valence-electron chi connectivity index (χ2n) is 4.89. The van der Waals surface area contributed by atoms with Crippen LogP contribution in [0.4, 0.5) is 0 Å². The Labute approximate surface area is 102 Å².